The molecule has 0 bridgehead atoms. The molecule has 1 aliphatic rings. The first-order valence-corrected chi connectivity index (χ1v) is 7.33. The molecule has 7 heteroatoms. The van der Waals surface area contributed by atoms with E-state index in [2.05, 4.69) is 4.98 Å². The van der Waals surface area contributed by atoms with Gasteiger partial charge in [-0.15, -0.1) is 0 Å². The summed E-state index contributed by atoms with van der Waals surface area (Å²) in [6, 6.07) is 3.56. The standard InChI is InChI=1S/C14H10Cl3N3O/c15-7-3-5-20-9(6-7)10(14(18)21)11(16)12(20)8-2-1-4-19-13(8)17/h1-2,4,6H,3,5H2,(H2,18,21). The Morgan fingerprint density at radius 1 is 1.33 bits per heavy atom. The first kappa shape index (κ1) is 14.4. The third-order valence-corrected chi connectivity index (χ3v) is 4.34. The van der Waals surface area contributed by atoms with Crippen molar-refractivity contribution in [3.05, 3.63) is 44.8 Å². The van der Waals surface area contributed by atoms with Gasteiger partial charge >= 0.3 is 0 Å². The van der Waals surface area contributed by atoms with E-state index in [-0.39, 0.29) is 10.6 Å². The molecule has 1 aliphatic heterocycles. The van der Waals surface area contributed by atoms with Crippen molar-refractivity contribution in [3.8, 4) is 11.3 Å². The van der Waals surface area contributed by atoms with E-state index in [4.69, 9.17) is 40.5 Å². The van der Waals surface area contributed by atoms with Crippen LogP contribution in [0.25, 0.3) is 17.3 Å². The smallest absolute Gasteiger partial charge is 0.252 e. The molecular formula is C14H10Cl3N3O. The van der Waals surface area contributed by atoms with Crippen LogP contribution in [0.5, 0.6) is 0 Å². The summed E-state index contributed by atoms with van der Waals surface area (Å²) in [5.74, 6) is -0.599. The van der Waals surface area contributed by atoms with Gasteiger partial charge in [-0.2, -0.15) is 0 Å². The first-order chi connectivity index (χ1) is 10.0. The largest absolute Gasteiger partial charge is 0.365 e. The second-order valence-electron chi connectivity index (χ2n) is 4.62. The number of rotatable bonds is 2. The summed E-state index contributed by atoms with van der Waals surface area (Å²) in [6.07, 6.45) is 3.96. The highest BCUT2D eigenvalue weighted by Crippen LogP contribution is 2.41. The Hall–Kier alpha value is -1.49. The van der Waals surface area contributed by atoms with E-state index in [9.17, 15) is 4.79 Å². The highest BCUT2D eigenvalue weighted by molar-refractivity contribution is 6.39. The lowest BCUT2D eigenvalue weighted by atomic mass is 10.1. The number of carbonyl (C=O) groups is 1. The molecule has 3 rings (SSSR count). The minimum atomic E-state index is -0.599. The number of aromatic nitrogens is 2. The SMILES string of the molecule is NC(=O)c1c(Cl)c(-c2cccnc2Cl)n2c1C=C(Cl)CC2. The van der Waals surface area contributed by atoms with Crippen molar-refractivity contribution in [3.63, 3.8) is 0 Å². The maximum Gasteiger partial charge on any atom is 0.252 e. The molecule has 2 aromatic heterocycles. The topological polar surface area (TPSA) is 60.9 Å². The van der Waals surface area contributed by atoms with Crippen LogP contribution in [0, 0.1) is 0 Å². The van der Waals surface area contributed by atoms with Crippen LogP contribution >= 0.6 is 34.8 Å². The van der Waals surface area contributed by atoms with E-state index in [1.165, 1.54) is 0 Å². The summed E-state index contributed by atoms with van der Waals surface area (Å²) in [6.45, 7) is 0.595. The number of pyridine rings is 1. The van der Waals surface area contributed by atoms with Gasteiger partial charge in [-0.25, -0.2) is 4.98 Å². The highest BCUT2D eigenvalue weighted by atomic mass is 35.5. The van der Waals surface area contributed by atoms with E-state index in [1.54, 1.807) is 24.4 Å². The molecule has 0 saturated heterocycles. The molecule has 0 aromatic carbocycles. The number of nitrogens with two attached hydrogens (primary N) is 1. The van der Waals surface area contributed by atoms with Crippen molar-refractivity contribution in [2.75, 3.05) is 0 Å². The van der Waals surface area contributed by atoms with Crippen molar-refractivity contribution in [1.82, 2.24) is 9.55 Å². The van der Waals surface area contributed by atoms with E-state index < -0.39 is 5.91 Å². The van der Waals surface area contributed by atoms with Gasteiger partial charge < -0.3 is 10.3 Å². The van der Waals surface area contributed by atoms with Gasteiger partial charge in [0.15, 0.2) is 0 Å². The van der Waals surface area contributed by atoms with Crippen LogP contribution in [0.15, 0.2) is 23.4 Å². The van der Waals surface area contributed by atoms with Gasteiger partial charge in [0.25, 0.3) is 5.91 Å². The third kappa shape index (κ3) is 2.33. The fourth-order valence-corrected chi connectivity index (χ4v) is 3.28. The number of allylic oxidation sites excluding steroid dienone is 1. The van der Waals surface area contributed by atoms with Crippen LogP contribution in [-0.2, 0) is 6.54 Å². The number of fused-ring (bicyclic) bond motifs is 1. The van der Waals surface area contributed by atoms with Crippen molar-refractivity contribution < 1.29 is 4.79 Å². The Labute approximate surface area is 136 Å². The lowest BCUT2D eigenvalue weighted by Crippen LogP contribution is -2.14. The molecular weight excluding hydrogens is 333 g/mol. The van der Waals surface area contributed by atoms with Gasteiger partial charge in [-0.05, 0) is 18.2 Å². The van der Waals surface area contributed by atoms with Crippen molar-refractivity contribution in [1.29, 1.82) is 0 Å². The highest BCUT2D eigenvalue weighted by Gasteiger charge is 2.27. The fraction of sp³-hybridized carbons (Fsp3) is 0.143. The van der Waals surface area contributed by atoms with E-state index in [0.717, 1.165) is 0 Å². The number of hydrogen-bond acceptors (Lipinski definition) is 2. The van der Waals surface area contributed by atoms with Gasteiger partial charge in [0.05, 0.1) is 22.0 Å². The maximum absolute atomic E-state index is 11.7. The molecule has 0 saturated carbocycles. The number of primary amides is 1. The summed E-state index contributed by atoms with van der Waals surface area (Å²) in [4.78, 5) is 15.8. The van der Waals surface area contributed by atoms with Gasteiger partial charge in [0, 0.05) is 29.8 Å². The average molecular weight is 343 g/mol. The number of hydrogen-bond donors (Lipinski definition) is 1. The second-order valence-corrected chi connectivity index (χ2v) is 5.84. The van der Waals surface area contributed by atoms with Crippen LogP contribution in [0.2, 0.25) is 10.2 Å². The number of halogens is 3. The Balaban J connectivity index is 2.36. The van der Waals surface area contributed by atoms with Crippen LogP contribution in [0.3, 0.4) is 0 Å². The summed E-state index contributed by atoms with van der Waals surface area (Å²) in [5.41, 5.74) is 7.61. The molecule has 0 aliphatic carbocycles. The first-order valence-electron chi connectivity index (χ1n) is 6.19. The molecule has 3 heterocycles. The van der Waals surface area contributed by atoms with Crippen molar-refractivity contribution >= 4 is 46.8 Å². The summed E-state index contributed by atoms with van der Waals surface area (Å²) in [5, 5.41) is 1.24. The zero-order chi connectivity index (χ0) is 15.1. The van der Waals surface area contributed by atoms with E-state index in [1.807, 2.05) is 4.57 Å². The summed E-state index contributed by atoms with van der Waals surface area (Å²) >= 11 is 18.6. The fourth-order valence-electron chi connectivity index (χ4n) is 2.49. The molecule has 108 valence electrons. The Kier molecular flexibility index (Phi) is 3.69. The average Bonchev–Trinajstić information content (AvgIpc) is 2.71. The predicted octanol–water partition coefficient (Wildman–Crippen LogP) is 3.94. The molecule has 0 spiro atoms. The normalized spacial score (nSPS) is 13.8. The second kappa shape index (κ2) is 5.37. The van der Waals surface area contributed by atoms with Crippen LogP contribution < -0.4 is 5.73 Å². The molecule has 2 N–H and O–H groups in total. The Bertz CT molecular complexity index is 780. The zero-order valence-corrected chi connectivity index (χ0v) is 13.0. The Morgan fingerprint density at radius 3 is 2.76 bits per heavy atom. The van der Waals surface area contributed by atoms with Crippen LogP contribution in [0.1, 0.15) is 22.5 Å². The molecule has 1 amide bonds. The molecule has 21 heavy (non-hydrogen) atoms. The molecule has 0 fully saturated rings. The molecule has 0 unspecified atom stereocenters. The molecule has 4 nitrogen and oxygen atoms in total. The van der Waals surface area contributed by atoms with E-state index in [0.29, 0.717) is 40.1 Å². The van der Waals surface area contributed by atoms with Gasteiger partial charge in [-0.3, -0.25) is 4.79 Å². The number of amides is 1. The number of carbonyl (C=O) groups excluding carboxylic acids is 1. The van der Waals surface area contributed by atoms with Crippen molar-refractivity contribution in [2.45, 2.75) is 13.0 Å². The lowest BCUT2D eigenvalue weighted by molar-refractivity contribution is 0.1000. The van der Waals surface area contributed by atoms with E-state index >= 15 is 0 Å². The maximum atomic E-state index is 11.7. The van der Waals surface area contributed by atoms with Gasteiger partial charge in [0.1, 0.15) is 5.15 Å². The predicted molar refractivity (Wildman–Crippen MR) is 84.6 cm³/mol. The van der Waals surface area contributed by atoms with Crippen molar-refractivity contribution in [2.24, 2.45) is 5.73 Å². The quantitative estimate of drug-likeness (QED) is 0.840. The molecule has 0 atom stereocenters. The van der Waals surface area contributed by atoms with Crippen LogP contribution in [-0.4, -0.2) is 15.5 Å². The minimum Gasteiger partial charge on any atom is -0.365 e. The molecule has 0 radical (unpaired) electrons. The van der Waals surface area contributed by atoms with Crippen LogP contribution in [0.4, 0.5) is 0 Å². The minimum absolute atomic E-state index is 0.254. The van der Waals surface area contributed by atoms with Gasteiger partial charge in [0.2, 0.25) is 0 Å². The monoisotopic (exact) mass is 341 g/mol. The molecule has 2 aromatic rings. The summed E-state index contributed by atoms with van der Waals surface area (Å²) < 4.78 is 1.90. The summed E-state index contributed by atoms with van der Waals surface area (Å²) in [7, 11) is 0. The Morgan fingerprint density at radius 2 is 2.10 bits per heavy atom. The number of nitrogens with zero attached hydrogens (tertiary/aromatic N) is 2. The van der Waals surface area contributed by atoms with Gasteiger partial charge in [-0.1, -0.05) is 34.8 Å². The lowest BCUT2D eigenvalue weighted by Gasteiger charge is -2.16. The zero-order valence-electron chi connectivity index (χ0n) is 10.7. The third-order valence-electron chi connectivity index (χ3n) is 3.37.